The molecule has 166 valence electrons. The Morgan fingerprint density at radius 3 is 2.17 bits per heavy atom. The maximum absolute atomic E-state index is 12.6. The van der Waals surface area contributed by atoms with Crippen molar-refractivity contribution in [3.8, 4) is 5.75 Å². The van der Waals surface area contributed by atoms with E-state index in [4.69, 9.17) is 9.47 Å². The van der Waals surface area contributed by atoms with Gasteiger partial charge >= 0.3 is 5.97 Å². The lowest BCUT2D eigenvalue weighted by atomic mass is 10.1. The van der Waals surface area contributed by atoms with E-state index in [1.165, 1.54) is 6.08 Å². The van der Waals surface area contributed by atoms with Crippen LogP contribution in [0.15, 0.2) is 29.8 Å². The average molecular weight is 419 g/mol. The van der Waals surface area contributed by atoms with E-state index >= 15 is 0 Å². The van der Waals surface area contributed by atoms with Gasteiger partial charge in [-0.15, -0.1) is 0 Å². The number of carbonyl (C=O) groups is 3. The first-order valence-electron chi connectivity index (χ1n) is 10.6. The first-order valence-corrected chi connectivity index (χ1v) is 10.6. The summed E-state index contributed by atoms with van der Waals surface area (Å²) in [6.07, 6.45) is 4.53. The van der Waals surface area contributed by atoms with Gasteiger partial charge in [-0.25, -0.2) is 0 Å². The maximum atomic E-state index is 12.6. The third-order valence-corrected chi connectivity index (χ3v) is 4.04. The Bertz CT molecular complexity index is 711. The number of carbonyl (C=O) groups excluding carboxylic acids is 3. The summed E-state index contributed by atoms with van der Waals surface area (Å²) in [5, 5.41) is 5.41. The Kier molecular flexibility index (Phi) is 11.9. The lowest BCUT2D eigenvalue weighted by Crippen LogP contribution is -2.36. The van der Waals surface area contributed by atoms with Gasteiger partial charge in [-0.3, -0.25) is 14.4 Å². The van der Waals surface area contributed by atoms with E-state index in [1.54, 1.807) is 31.2 Å². The fourth-order valence-electron chi connectivity index (χ4n) is 2.59. The zero-order chi connectivity index (χ0) is 22.4. The quantitative estimate of drug-likeness (QED) is 0.169. The van der Waals surface area contributed by atoms with Crippen molar-refractivity contribution in [1.82, 2.24) is 10.6 Å². The first kappa shape index (κ1) is 25.2. The van der Waals surface area contributed by atoms with Crippen molar-refractivity contribution in [1.29, 1.82) is 0 Å². The van der Waals surface area contributed by atoms with Crippen LogP contribution in [0.25, 0.3) is 6.08 Å². The van der Waals surface area contributed by atoms with Crippen LogP contribution in [0.1, 0.15) is 58.9 Å². The van der Waals surface area contributed by atoms with Crippen molar-refractivity contribution in [2.24, 2.45) is 0 Å². The Balaban J connectivity index is 2.87. The van der Waals surface area contributed by atoms with Gasteiger partial charge in [-0.1, -0.05) is 31.9 Å². The molecule has 0 spiro atoms. The van der Waals surface area contributed by atoms with Crippen molar-refractivity contribution >= 4 is 23.9 Å². The SMILES string of the molecule is CCCCCNC(=O)C(=Cc1ccc(OC(C)C)cc1)C(=O)NCCC(=O)OCC. The molecule has 0 fully saturated rings. The molecular formula is C23H34N2O5. The zero-order valence-electron chi connectivity index (χ0n) is 18.5. The molecule has 1 aromatic rings. The fraction of sp³-hybridized carbons (Fsp3) is 0.522. The predicted octanol–water partition coefficient (Wildman–Crippen LogP) is 3.23. The van der Waals surface area contributed by atoms with E-state index < -0.39 is 17.8 Å². The summed E-state index contributed by atoms with van der Waals surface area (Å²) in [7, 11) is 0. The molecule has 0 aromatic heterocycles. The molecule has 0 bridgehead atoms. The van der Waals surface area contributed by atoms with Crippen LogP contribution in [0.2, 0.25) is 0 Å². The minimum Gasteiger partial charge on any atom is -0.491 e. The van der Waals surface area contributed by atoms with Gasteiger partial charge in [0.25, 0.3) is 11.8 Å². The van der Waals surface area contributed by atoms with Crippen LogP contribution >= 0.6 is 0 Å². The molecule has 2 amide bonds. The number of amides is 2. The number of hydrogen-bond donors (Lipinski definition) is 2. The number of benzene rings is 1. The third-order valence-electron chi connectivity index (χ3n) is 4.04. The minimum atomic E-state index is -0.533. The topological polar surface area (TPSA) is 93.7 Å². The molecule has 0 atom stereocenters. The number of esters is 1. The molecule has 0 aliphatic carbocycles. The van der Waals surface area contributed by atoms with E-state index in [9.17, 15) is 14.4 Å². The summed E-state index contributed by atoms with van der Waals surface area (Å²) in [5.41, 5.74) is 0.693. The second-order valence-electron chi connectivity index (χ2n) is 7.07. The predicted molar refractivity (Wildman–Crippen MR) is 117 cm³/mol. The van der Waals surface area contributed by atoms with E-state index in [0.29, 0.717) is 17.9 Å². The highest BCUT2D eigenvalue weighted by Crippen LogP contribution is 2.16. The molecule has 1 rings (SSSR count). The second-order valence-corrected chi connectivity index (χ2v) is 7.07. The van der Waals surface area contributed by atoms with Gasteiger partial charge in [-0.2, -0.15) is 0 Å². The van der Waals surface area contributed by atoms with Gasteiger partial charge in [0, 0.05) is 13.1 Å². The Morgan fingerprint density at radius 1 is 0.967 bits per heavy atom. The smallest absolute Gasteiger partial charge is 0.307 e. The van der Waals surface area contributed by atoms with Crippen LogP contribution in [-0.2, 0) is 19.1 Å². The Labute approximate surface area is 179 Å². The summed E-state index contributed by atoms with van der Waals surface area (Å²) >= 11 is 0. The van der Waals surface area contributed by atoms with Gasteiger partial charge in [0.1, 0.15) is 11.3 Å². The highest BCUT2D eigenvalue weighted by atomic mass is 16.5. The van der Waals surface area contributed by atoms with Crippen molar-refractivity contribution in [3.63, 3.8) is 0 Å². The average Bonchev–Trinajstić information content (AvgIpc) is 2.70. The van der Waals surface area contributed by atoms with E-state index in [1.807, 2.05) is 13.8 Å². The normalized spacial score (nSPS) is 11.2. The van der Waals surface area contributed by atoms with Gasteiger partial charge in [0.05, 0.1) is 19.1 Å². The highest BCUT2D eigenvalue weighted by Gasteiger charge is 2.18. The maximum Gasteiger partial charge on any atom is 0.307 e. The number of nitrogens with one attached hydrogen (secondary N) is 2. The van der Waals surface area contributed by atoms with Gasteiger partial charge in [0.15, 0.2) is 0 Å². The van der Waals surface area contributed by atoms with E-state index in [0.717, 1.165) is 19.3 Å². The Morgan fingerprint density at radius 2 is 1.60 bits per heavy atom. The van der Waals surface area contributed by atoms with E-state index in [-0.39, 0.29) is 31.2 Å². The van der Waals surface area contributed by atoms with Crippen molar-refractivity contribution in [3.05, 3.63) is 35.4 Å². The summed E-state index contributed by atoms with van der Waals surface area (Å²) in [6, 6.07) is 7.16. The summed E-state index contributed by atoms with van der Waals surface area (Å²) in [6.45, 7) is 8.56. The molecule has 0 radical (unpaired) electrons. The molecule has 0 unspecified atom stereocenters. The molecular weight excluding hydrogens is 384 g/mol. The lowest BCUT2D eigenvalue weighted by Gasteiger charge is -2.11. The standard InChI is InChI=1S/C23H34N2O5/c1-5-7-8-14-24-22(27)20(23(28)25-15-13-21(26)29-6-2)16-18-9-11-19(12-10-18)30-17(3)4/h9-12,16-17H,5-8,13-15H2,1-4H3,(H,24,27)(H,25,28). The van der Waals surface area contributed by atoms with Crippen LogP contribution in [0, 0.1) is 0 Å². The molecule has 7 nitrogen and oxygen atoms in total. The lowest BCUT2D eigenvalue weighted by molar-refractivity contribution is -0.142. The second kappa shape index (κ2) is 14.2. The van der Waals surface area contributed by atoms with Crippen LogP contribution < -0.4 is 15.4 Å². The molecule has 1 aromatic carbocycles. The summed E-state index contributed by atoms with van der Waals surface area (Å²) in [4.78, 5) is 36.7. The summed E-state index contributed by atoms with van der Waals surface area (Å²) < 4.78 is 10.5. The van der Waals surface area contributed by atoms with Gasteiger partial charge in [0.2, 0.25) is 0 Å². The number of unbranched alkanes of at least 4 members (excludes halogenated alkanes) is 2. The molecule has 0 aliphatic heterocycles. The van der Waals surface area contributed by atoms with Crippen LogP contribution in [0.5, 0.6) is 5.75 Å². The van der Waals surface area contributed by atoms with Crippen LogP contribution in [-0.4, -0.2) is 43.6 Å². The molecule has 0 saturated heterocycles. The van der Waals surface area contributed by atoms with Crippen molar-refractivity contribution in [2.75, 3.05) is 19.7 Å². The molecule has 30 heavy (non-hydrogen) atoms. The molecule has 0 saturated carbocycles. The molecule has 0 aliphatic rings. The number of rotatable bonds is 13. The largest absolute Gasteiger partial charge is 0.491 e. The van der Waals surface area contributed by atoms with Crippen molar-refractivity contribution in [2.45, 2.75) is 59.5 Å². The van der Waals surface area contributed by atoms with Gasteiger partial charge in [-0.05, 0) is 51.0 Å². The summed E-state index contributed by atoms with van der Waals surface area (Å²) in [5.74, 6) is -0.656. The van der Waals surface area contributed by atoms with E-state index in [2.05, 4.69) is 17.6 Å². The fourth-order valence-corrected chi connectivity index (χ4v) is 2.59. The Hall–Kier alpha value is -2.83. The molecule has 2 N–H and O–H groups in total. The zero-order valence-corrected chi connectivity index (χ0v) is 18.5. The van der Waals surface area contributed by atoms with Crippen LogP contribution in [0.3, 0.4) is 0 Å². The molecule has 0 heterocycles. The first-order chi connectivity index (χ1) is 14.4. The van der Waals surface area contributed by atoms with Crippen LogP contribution in [0.4, 0.5) is 0 Å². The van der Waals surface area contributed by atoms with Crippen molar-refractivity contribution < 1.29 is 23.9 Å². The van der Waals surface area contributed by atoms with Gasteiger partial charge < -0.3 is 20.1 Å². The number of hydrogen-bond acceptors (Lipinski definition) is 5. The highest BCUT2D eigenvalue weighted by molar-refractivity contribution is 6.21. The minimum absolute atomic E-state index is 0.00659. The number of ether oxygens (including phenoxy) is 2. The molecule has 7 heteroatoms. The third kappa shape index (κ3) is 10.1. The monoisotopic (exact) mass is 418 g/mol.